The molecule has 1 aromatic heterocycles. The molecule has 19 heavy (non-hydrogen) atoms. The van der Waals surface area contributed by atoms with Crippen LogP contribution in [0.15, 0.2) is 21.7 Å². The molecular weight excluding hydrogens is 264 g/mol. The molecule has 0 aromatic carbocycles. The molecule has 0 saturated carbocycles. The van der Waals surface area contributed by atoms with E-state index >= 15 is 0 Å². The number of carbonyl (C=O) groups excluding carboxylic acids is 2. The first kappa shape index (κ1) is 14.0. The Morgan fingerprint density at radius 1 is 1.32 bits per heavy atom. The standard InChI is InChI=1S/C13H16N2O3S/c1-15(2)5-3-4-6-19-11-7-10(16)13-9(12(11)17)8-14-18-13/h7-8H,3-6H2,1-2H3. The van der Waals surface area contributed by atoms with Crippen LogP contribution >= 0.6 is 11.8 Å². The van der Waals surface area contributed by atoms with Gasteiger partial charge in [0.05, 0.1) is 16.7 Å². The van der Waals surface area contributed by atoms with E-state index in [0.717, 1.165) is 25.1 Å². The summed E-state index contributed by atoms with van der Waals surface area (Å²) in [6.45, 7) is 1.03. The zero-order chi connectivity index (χ0) is 13.8. The average Bonchev–Trinajstić information content (AvgIpc) is 2.84. The molecule has 6 heteroatoms. The molecule has 1 heterocycles. The highest BCUT2D eigenvalue weighted by Crippen LogP contribution is 2.28. The van der Waals surface area contributed by atoms with Crippen molar-refractivity contribution >= 4 is 23.3 Å². The smallest absolute Gasteiger partial charge is 0.225 e. The van der Waals surface area contributed by atoms with Crippen molar-refractivity contribution in [1.82, 2.24) is 10.1 Å². The van der Waals surface area contributed by atoms with E-state index in [1.54, 1.807) is 0 Å². The molecule has 0 spiro atoms. The first-order chi connectivity index (χ1) is 9.09. The average molecular weight is 280 g/mol. The van der Waals surface area contributed by atoms with Gasteiger partial charge < -0.3 is 9.42 Å². The van der Waals surface area contributed by atoms with E-state index < -0.39 is 0 Å². The number of nitrogens with zero attached hydrogens (tertiary/aromatic N) is 2. The van der Waals surface area contributed by atoms with Crippen LogP contribution in [0.2, 0.25) is 0 Å². The van der Waals surface area contributed by atoms with E-state index in [4.69, 9.17) is 4.52 Å². The van der Waals surface area contributed by atoms with E-state index in [1.165, 1.54) is 24.0 Å². The number of thioether (sulfide) groups is 1. The van der Waals surface area contributed by atoms with Gasteiger partial charge in [0.15, 0.2) is 0 Å². The minimum absolute atomic E-state index is 0.0574. The number of allylic oxidation sites excluding steroid dienone is 2. The van der Waals surface area contributed by atoms with Gasteiger partial charge in [-0.3, -0.25) is 9.59 Å². The molecule has 0 aliphatic heterocycles. The molecule has 0 bridgehead atoms. The van der Waals surface area contributed by atoms with E-state index in [-0.39, 0.29) is 22.9 Å². The molecule has 0 fully saturated rings. The lowest BCUT2D eigenvalue weighted by atomic mass is 10.0. The number of rotatable bonds is 6. The Balaban J connectivity index is 1.88. The van der Waals surface area contributed by atoms with Gasteiger partial charge in [-0.1, -0.05) is 5.16 Å². The summed E-state index contributed by atoms with van der Waals surface area (Å²) in [7, 11) is 4.07. The fourth-order valence-corrected chi connectivity index (χ4v) is 2.78. The molecule has 0 atom stereocenters. The fourth-order valence-electron chi connectivity index (χ4n) is 1.78. The van der Waals surface area contributed by atoms with Gasteiger partial charge in [-0.25, -0.2) is 0 Å². The SMILES string of the molecule is CN(C)CCCCSC1=CC(=O)c2oncc2C1=O. The largest absolute Gasteiger partial charge is 0.352 e. The monoisotopic (exact) mass is 280 g/mol. The lowest BCUT2D eigenvalue weighted by molar-refractivity contribution is 0.0967. The molecule has 0 saturated heterocycles. The summed E-state index contributed by atoms with van der Waals surface area (Å²) in [6, 6.07) is 0. The first-order valence-electron chi connectivity index (χ1n) is 6.12. The summed E-state index contributed by atoms with van der Waals surface area (Å²) >= 11 is 1.43. The number of hydrogen-bond acceptors (Lipinski definition) is 6. The Hall–Kier alpha value is -1.40. The van der Waals surface area contributed by atoms with Crippen LogP contribution in [0.5, 0.6) is 0 Å². The van der Waals surface area contributed by atoms with Crippen molar-refractivity contribution in [3.8, 4) is 0 Å². The Bertz CT molecular complexity index is 520. The van der Waals surface area contributed by atoms with Crippen molar-refractivity contribution in [2.75, 3.05) is 26.4 Å². The summed E-state index contributed by atoms with van der Waals surface area (Å²) < 4.78 is 4.78. The summed E-state index contributed by atoms with van der Waals surface area (Å²) in [4.78, 5) is 26.4. The maximum Gasteiger partial charge on any atom is 0.225 e. The van der Waals surface area contributed by atoms with Gasteiger partial charge in [0.2, 0.25) is 17.3 Å². The van der Waals surface area contributed by atoms with Crippen molar-refractivity contribution < 1.29 is 14.1 Å². The second kappa shape index (κ2) is 6.16. The molecule has 0 N–H and O–H groups in total. The topological polar surface area (TPSA) is 63.4 Å². The third kappa shape index (κ3) is 3.33. The molecule has 5 nitrogen and oxygen atoms in total. The summed E-state index contributed by atoms with van der Waals surface area (Å²) in [5.74, 6) is 0.456. The van der Waals surface area contributed by atoms with E-state index in [9.17, 15) is 9.59 Å². The van der Waals surface area contributed by atoms with Crippen molar-refractivity contribution in [3.05, 3.63) is 28.5 Å². The highest BCUT2D eigenvalue weighted by atomic mass is 32.2. The summed E-state index contributed by atoms with van der Waals surface area (Å²) in [5, 5.41) is 3.50. The predicted octanol–water partition coefficient (Wildman–Crippen LogP) is 2.01. The number of ketones is 2. The zero-order valence-corrected chi connectivity index (χ0v) is 11.8. The van der Waals surface area contributed by atoms with Gasteiger partial charge in [-0.05, 0) is 39.2 Å². The van der Waals surface area contributed by atoms with Crippen LogP contribution in [0, 0.1) is 0 Å². The molecule has 1 aliphatic carbocycles. The van der Waals surface area contributed by atoms with E-state index in [1.807, 2.05) is 14.1 Å². The van der Waals surface area contributed by atoms with Crippen molar-refractivity contribution in [2.45, 2.75) is 12.8 Å². The number of carbonyl (C=O) groups is 2. The Kier molecular flexibility index (Phi) is 4.55. The van der Waals surface area contributed by atoms with Crippen molar-refractivity contribution in [3.63, 3.8) is 0 Å². The Morgan fingerprint density at radius 3 is 2.84 bits per heavy atom. The molecule has 1 aliphatic rings. The van der Waals surface area contributed by atoms with Gasteiger partial charge in [0.25, 0.3) is 0 Å². The second-order valence-electron chi connectivity index (χ2n) is 4.63. The molecule has 102 valence electrons. The van der Waals surface area contributed by atoms with Gasteiger partial charge in [0.1, 0.15) is 0 Å². The number of aromatic nitrogens is 1. The van der Waals surface area contributed by atoms with Crippen LogP contribution in [0.3, 0.4) is 0 Å². The highest BCUT2D eigenvalue weighted by Gasteiger charge is 2.29. The third-order valence-electron chi connectivity index (χ3n) is 2.78. The van der Waals surface area contributed by atoms with Crippen LogP contribution < -0.4 is 0 Å². The van der Waals surface area contributed by atoms with Crippen LogP contribution in [-0.4, -0.2) is 48.0 Å². The molecule has 0 radical (unpaired) electrons. The number of Topliss-reactive ketones (excluding diaryl/α,β-unsaturated/α-hetero) is 1. The number of unbranched alkanes of at least 4 members (excludes halogenated alkanes) is 1. The van der Waals surface area contributed by atoms with Gasteiger partial charge in [0, 0.05) is 6.08 Å². The van der Waals surface area contributed by atoms with E-state index in [2.05, 4.69) is 10.1 Å². The quantitative estimate of drug-likeness (QED) is 0.743. The fraction of sp³-hybridized carbons (Fsp3) is 0.462. The van der Waals surface area contributed by atoms with E-state index in [0.29, 0.717) is 4.91 Å². The normalized spacial score (nSPS) is 14.8. The van der Waals surface area contributed by atoms with Crippen LogP contribution in [0.1, 0.15) is 33.8 Å². The van der Waals surface area contributed by atoms with Crippen LogP contribution in [-0.2, 0) is 0 Å². The predicted molar refractivity (Wildman–Crippen MR) is 73.5 cm³/mol. The maximum atomic E-state index is 12.0. The minimum atomic E-state index is -0.275. The second-order valence-corrected chi connectivity index (χ2v) is 5.77. The Morgan fingerprint density at radius 2 is 2.11 bits per heavy atom. The third-order valence-corrected chi connectivity index (χ3v) is 3.89. The highest BCUT2D eigenvalue weighted by molar-refractivity contribution is 8.04. The molecule has 2 rings (SSSR count). The maximum absolute atomic E-state index is 12.0. The van der Waals surface area contributed by atoms with Gasteiger partial charge in [-0.2, -0.15) is 0 Å². The van der Waals surface area contributed by atoms with Crippen LogP contribution in [0.25, 0.3) is 0 Å². The lowest BCUT2D eigenvalue weighted by Crippen LogP contribution is -2.14. The minimum Gasteiger partial charge on any atom is -0.352 e. The summed E-state index contributed by atoms with van der Waals surface area (Å²) in [6.07, 6.45) is 4.76. The van der Waals surface area contributed by atoms with Gasteiger partial charge in [-0.15, -0.1) is 11.8 Å². The lowest BCUT2D eigenvalue weighted by Gasteiger charge is -2.11. The Labute approximate surface area is 116 Å². The molecule has 0 unspecified atom stereocenters. The van der Waals surface area contributed by atoms with Crippen molar-refractivity contribution in [2.24, 2.45) is 0 Å². The first-order valence-corrected chi connectivity index (χ1v) is 7.11. The zero-order valence-electron chi connectivity index (χ0n) is 11.0. The summed E-state index contributed by atoms with van der Waals surface area (Å²) in [5.41, 5.74) is 0.281. The molecule has 0 amide bonds. The number of fused-ring (bicyclic) bond motifs is 1. The van der Waals surface area contributed by atoms with Crippen LogP contribution in [0.4, 0.5) is 0 Å². The molecule has 1 aromatic rings. The van der Waals surface area contributed by atoms with Crippen molar-refractivity contribution in [1.29, 1.82) is 0 Å². The van der Waals surface area contributed by atoms with Gasteiger partial charge >= 0.3 is 0 Å². The molecular formula is C13H16N2O3S. The number of hydrogen-bond donors (Lipinski definition) is 0.